The molecule has 6 heteroatoms. The largest absolute Gasteiger partial charge is 0.383 e. The Balaban J connectivity index is 1.77. The molecule has 6 nitrogen and oxygen atoms in total. The number of hydrogen-bond acceptors (Lipinski definition) is 4. The minimum atomic E-state index is -0.0211. The maximum atomic E-state index is 12.9. The fourth-order valence-electron chi connectivity index (χ4n) is 2.76. The van der Waals surface area contributed by atoms with Crippen LogP contribution in [0.2, 0.25) is 0 Å². The van der Waals surface area contributed by atoms with Crippen molar-refractivity contribution in [2.75, 3.05) is 20.3 Å². The van der Waals surface area contributed by atoms with Gasteiger partial charge in [-0.15, -0.1) is 0 Å². The molecule has 134 valence electrons. The Bertz CT molecular complexity index is 844. The van der Waals surface area contributed by atoms with E-state index in [2.05, 4.69) is 10.1 Å². The highest BCUT2D eigenvalue weighted by molar-refractivity contribution is 5.94. The van der Waals surface area contributed by atoms with E-state index in [-0.39, 0.29) is 5.91 Å². The summed E-state index contributed by atoms with van der Waals surface area (Å²) in [5, 5.41) is 4.17. The molecule has 0 unspecified atom stereocenters. The topological polar surface area (TPSA) is 60.2 Å². The highest BCUT2D eigenvalue weighted by Gasteiger charge is 2.17. The van der Waals surface area contributed by atoms with Crippen molar-refractivity contribution in [1.29, 1.82) is 0 Å². The van der Waals surface area contributed by atoms with Crippen LogP contribution in [-0.4, -0.2) is 45.8 Å². The zero-order valence-corrected chi connectivity index (χ0v) is 15.0. The van der Waals surface area contributed by atoms with Crippen LogP contribution in [-0.2, 0) is 18.3 Å². The number of carbonyl (C=O) groups is 1. The van der Waals surface area contributed by atoms with Gasteiger partial charge in [-0.05, 0) is 35.4 Å². The fraction of sp³-hybridized carbons (Fsp3) is 0.250. The molecule has 0 aliphatic rings. The van der Waals surface area contributed by atoms with Gasteiger partial charge < -0.3 is 9.64 Å². The van der Waals surface area contributed by atoms with Gasteiger partial charge in [0.15, 0.2) is 0 Å². The number of carbonyl (C=O) groups excluding carboxylic acids is 1. The number of benzene rings is 1. The van der Waals surface area contributed by atoms with Crippen molar-refractivity contribution < 1.29 is 9.53 Å². The molecule has 0 aliphatic heterocycles. The molecule has 1 aromatic carbocycles. The van der Waals surface area contributed by atoms with Crippen LogP contribution in [0.25, 0.3) is 11.1 Å². The number of nitrogens with zero attached hydrogens (tertiary/aromatic N) is 4. The second-order valence-corrected chi connectivity index (χ2v) is 6.05. The van der Waals surface area contributed by atoms with Crippen LogP contribution in [0.3, 0.4) is 0 Å². The smallest absolute Gasteiger partial charge is 0.254 e. The molecule has 0 spiro atoms. The lowest BCUT2D eigenvalue weighted by molar-refractivity contribution is 0.0680. The van der Waals surface area contributed by atoms with Gasteiger partial charge in [0, 0.05) is 57.0 Å². The van der Waals surface area contributed by atoms with Crippen LogP contribution in [0.1, 0.15) is 15.9 Å². The molecule has 0 N–H and O–H groups in total. The van der Waals surface area contributed by atoms with Gasteiger partial charge in [0.2, 0.25) is 0 Å². The third kappa shape index (κ3) is 4.34. The number of aromatic nitrogens is 3. The van der Waals surface area contributed by atoms with Gasteiger partial charge in [-0.2, -0.15) is 5.10 Å². The molecule has 0 atom stereocenters. The summed E-state index contributed by atoms with van der Waals surface area (Å²) in [7, 11) is 3.50. The zero-order valence-electron chi connectivity index (χ0n) is 15.0. The monoisotopic (exact) mass is 350 g/mol. The number of hydrogen-bond donors (Lipinski definition) is 0. The number of rotatable bonds is 7. The van der Waals surface area contributed by atoms with Crippen molar-refractivity contribution in [3.63, 3.8) is 0 Å². The molecule has 26 heavy (non-hydrogen) atoms. The van der Waals surface area contributed by atoms with Gasteiger partial charge in [-0.3, -0.25) is 14.5 Å². The molecule has 0 fully saturated rings. The number of ether oxygens (including phenoxy) is 1. The number of methoxy groups -OCH3 is 1. The molecule has 0 saturated heterocycles. The Morgan fingerprint density at radius 3 is 2.42 bits per heavy atom. The molecule has 3 rings (SSSR count). The maximum Gasteiger partial charge on any atom is 0.254 e. The molecule has 3 aromatic rings. The van der Waals surface area contributed by atoms with E-state index in [4.69, 9.17) is 4.74 Å². The Labute approximate surface area is 153 Å². The third-order valence-corrected chi connectivity index (χ3v) is 4.13. The average Bonchev–Trinajstić information content (AvgIpc) is 3.10. The summed E-state index contributed by atoms with van der Waals surface area (Å²) in [5.41, 5.74) is 3.78. The molecular weight excluding hydrogens is 328 g/mol. The Kier molecular flexibility index (Phi) is 5.76. The minimum absolute atomic E-state index is 0.0211. The Morgan fingerprint density at radius 1 is 1.12 bits per heavy atom. The van der Waals surface area contributed by atoms with E-state index in [1.54, 1.807) is 35.3 Å². The highest BCUT2D eigenvalue weighted by Crippen LogP contribution is 2.19. The quantitative estimate of drug-likeness (QED) is 0.657. The van der Waals surface area contributed by atoms with Crippen molar-refractivity contribution >= 4 is 5.91 Å². The molecule has 0 aliphatic carbocycles. The van der Waals surface area contributed by atoms with Crippen LogP contribution in [0.4, 0.5) is 0 Å². The number of pyridine rings is 1. The normalized spacial score (nSPS) is 10.7. The van der Waals surface area contributed by atoms with Gasteiger partial charge in [-0.1, -0.05) is 12.1 Å². The molecule has 2 heterocycles. The predicted molar refractivity (Wildman–Crippen MR) is 99.5 cm³/mol. The fourth-order valence-corrected chi connectivity index (χ4v) is 2.76. The van der Waals surface area contributed by atoms with Gasteiger partial charge >= 0.3 is 0 Å². The van der Waals surface area contributed by atoms with E-state index in [1.165, 1.54) is 0 Å². The maximum absolute atomic E-state index is 12.9. The second-order valence-electron chi connectivity index (χ2n) is 6.05. The summed E-state index contributed by atoms with van der Waals surface area (Å²) in [5.74, 6) is -0.0211. The third-order valence-electron chi connectivity index (χ3n) is 4.13. The number of amides is 1. The first-order chi connectivity index (χ1) is 12.7. The van der Waals surface area contributed by atoms with Crippen LogP contribution < -0.4 is 0 Å². The molecule has 1 amide bonds. The van der Waals surface area contributed by atoms with E-state index < -0.39 is 0 Å². The van der Waals surface area contributed by atoms with Crippen LogP contribution >= 0.6 is 0 Å². The van der Waals surface area contributed by atoms with Crippen molar-refractivity contribution in [2.45, 2.75) is 6.54 Å². The SMILES string of the molecule is COCCN(Cc1cnn(C)c1)C(=O)c1ccc(-c2ccncc2)cc1. The summed E-state index contributed by atoms with van der Waals surface area (Å²) in [6.07, 6.45) is 7.21. The van der Waals surface area contributed by atoms with Crippen LogP contribution in [0.5, 0.6) is 0 Å². The second kappa shape index (κ2) is 8.40. The summed E-state index contributed by atoms with van der Waals surface area (Å²) in [4.78, 5) is 18.8. The molecule has 0 radical (unpaired) electrons. The Morgan fingerprint density at radius 2 is 1.81 bits per heavy atom. The zero-order chi connectivity index (χ0) is 18.4. The van der Waals surface area contributed by atoms with E-state index in [0.717, 1.165) is 16.7 Å². The summed E-state index contributed by atoms with van der Waals surface area (Å²) in [6.45, 7) is 1.51. The first kappa shape index (κ1) is 17.8. The van der Waals surface area contributed by atoms with Gasteiger partial charge in [0.05, 0.1) is 12.8 Å². The molecule has 2 aromatic heterocycles. The predicted octanol–water partition coefficient (Wildman–Crippen LogP) is 2.77. The minimum Gasteiger partial charge on any atom is -0.383 e. The lowest BCUT2D eigenvalue weighted by Crippen LogP contribution is -2.33. The van der Waals surface area contributed by atoms with E-state index >= 15 is 0 Å². The van der Waals surface area contributed by atoms with Gasteiger partial charge in [0.1, 0.15) is 0 Å². The molecular formula is C20H22N4O2. The van der Waals surface area contributed by atoms with Crippen molar-refractivity contribution in [3.05, 3.63) is 72.3 Å². The van der Waals surface area contributed by atoms with E-state index in [1.807, 2.05) is 49.6 Å². The standard InChI is InChI=1S/C20H22N4O2/c1-23-14-16(13-22-23)15-24(11-12-26-2)20(25)19-5-3-17(4-6-19)18-7-9-21-10-8-18/h3-10,13-14H,11-12,15H2,1-2H3. The average molecular weight is 350 g/mol. The summed E-state index contributed by atoms with van der Waals surface area (Å²) < 4.78 is 6.89. The first-order valence-corrected chi connectivity index (χ1v) is 8.43. The number of aryl methyl sites for hydroxylation is 1. The van der Waals surface area contributed by atoms with Crippen LogP contribution in [0, 0.1) is 0 Å². The van der Waals surface area contributed by atoms with Crippen molar-refractivity contribution in [1.82, 2.24) is 19.7 Å². The summed E-state index contributed by atoms with van der Waals surface area (Å²) in [6, 6.07) is 11.5. The van der Waals surface area contributed by atoms with Crippen LogP contribution in [0.15, 0.2) is 61.2 Å². The van der Waals surface area contributed by atoms with E-state index in [9.17, 15) is 4.79 Å². The lowest BCUT2D eigenvalue weighted by atomic mass is 10.0. The van der Waals surface area contributed by atoms with Crippen molar-refractivity contribution in [3.8, 4) is 11.1 Å². The molecule has 0 bridgehead atoms. The van der Waals surface area contributed by atoms with Crippen molar-refractivity contribution in [2.24, 2.45) is 7.05 Å². The molecule has 0 saturated carbocycles. The van der Waals surface area contributed by atoms with Gasteiger partial charge in [-0.25, -0.2) is 0 Å². The highest BCUT2D eigenvalue weighted by atomic mass is 16.5. The Hall–Kier alpha value is -2.99. The van der Waals surface area contributed by atoms with E-state index in [0.29, 0.717) is 25.3 Å². The van der Waals surface area contributed by atoms with Gasteiger partial charge in [0.25, 0.3) is 5.91 Å². The summed E-state index contributed by atoms with van der Waals surface area (Å²) >= 11 is 0. The lowest BCUT2D eigenvalue weighted by Gasteiger charge is -2.22. The first-order valence-electron chi connectivity index (χ1n) is 8.43.